The van der Waals surface area contributed by atoms with Crippen LogP contribution in [0.15, 0.2) is 18.2 Å². The van der Waals surface area contributed by atoms with Crippen LogP contribution in [0.2, 0.25) is 0 Å². The molecule has 1 unspecified atom stereocenters. The van der Waals surface area contributed by atoms with E-state index in [1.165, 1.54) is 31.0 Å². The Morgan fingerprint density at radius 3 is 2.26 bits per heavy atom. The van der Waals surface area contributed by atoms with Gasteiger partial charge in [0, 0.05) is 0 Å². The van der Waals surface area contributed by atoms with Crippen molar-refractivity contribution in [2.24, 2.45) is 11.8 Å². The van der Waals surface area contributed by atoms with E-state index >= 15 is 0 Å². The summed E-state index contributed by atoms with van der Waals surface area (Å²) in [6.45, 7) is 2.18. The lowest BCUT2D eigenvalue weighted by atomic mass is 9.76. The molecule has 0 bridgehead atoms. The van der Waals surface area contributed by atoms with Gasteiger partial charge in [-0.1, -0.05) is 38.7 Å². The maximum Gasteiger partial charge on any atom is 0.131 e. The van der Waals surface area contributed by atoms with Gasteiger partial charge < -0.3 is 5.11 Å². The Kier molecular flexibility index (Phi) is 4.92. The summed E-state index contributed by atoms with van der Waals surface area (Å²) in [5, 5.41) is 10.2. The molecule has 1 fully saturated rings. The molecule has 3 heteroatoms. The van der Waals surface area contributed by atoms with Crippen LogP contribution in [0.3, 0.4) is 0 Å². The fourth-order valence-corrected chi connectivity index (χ4v) is 3.23. The third-order valence-corrected chi connectivity index (χ3v) is 4.33. The second kappa shape index (κ2) is 6.47. The zero-order valence-electron chi connectivity index (χ0n) is 11.4. The molecule has 0 aromatic heterocycles. The Hall–Kier alpha value is -0.960. The predicted octanol–water partition coefficient (Wildman–Crippen LogP) is 4.60. The number of aliphatic hydroxyl groups is 1. The minimum absolute atomic E-state index is 0.0143. The van der Waals surface area contributed by atoms with E-state index in [1.807, 2.05) is 0 Å². The van der Waals surface area contributed by atoms with E-state index in [2.05, 4.69) is 6.92 Å². The third kappa shape index (κ3) is 3.33. The van der Waals surface area contributed by atoms with Gasteiger partial charge in [0.15, 0.2) is 0 Å². The predicted molar refractivity (Wildman–Crippen MR) is 71.7 cm³/mol. The molecule has 1 N–H and O–H groups in total. The average Bonchev–Trinajstić information content (AvgIpc) is 2.39. The molecule has 1 saturated carbocycles. The fourth-order valence-electron chi connectivity index (χ4n) is 3.23. The number of rotatable bonds is 4. The molecule has 0 heterocycles. The van der Waals surface area contributed by atoms with Gasteiger partial charge in [-0.05, 0) is 36.8 Å². The molecule has 2 rings (SSSR count). The summed E-state index contributed by atoms with van der Waals surface area (Å²) in [6.07, 6.45) is 5.23. The SMILES string of the molecule is CCCC1CCC(C(O)c2c(F)cccc2F)CC1. The van der Waals surface area contributed by atoms with Crippen molar-refractivity contribution in [3.05, 3.63) is 35.4 Å². The Bertz CT molecular complexity index is 391. The van der Waals surface area contributed by atoms with E-state index in [1.54, 1.807) is 0 Å². The van der Waals surface area contributed by atoms with Crippen molar-refractivity contribution in [3.8, 4) is 0 Å². The molecule has 1 nitrogen and oxygen atoms in total. The van der Waals surface area contributed by atoms with Crippen molar-refractivity contribution in [1.29, 1.82) is 0 Å². The van der Waals surface area contributed by atoms with Crippen molar-refractivity contribution in [3.63, 3.8) is 0 Å². The minimum Gasteiger partial charge on any atom is -0.388 e. The summed E-state index contributed by atoms with van der Waals surface area (Å²) >= 11 is 0. The number of halogens is 2. The number of aliphatic hydroxyl groups excluding tert-OH is 1. The molecule has 1 atom stereocenters. The number of benzene rings is 1. The summed E-state index contributed by atoms with van der Waals surface area (Å²) in [4.78, 5) is 0. The van der Waals surface area contributed by atoms with E-state index in [0.29, 0.717) is 0 Å². The lowest BCUT2D eigenvalue weighted by Gasteiger charge is -2.31. The highest BCUT2D eigenvalue weighted by molar-refractivity contribution is 5.22. The molecule has 0 saturated heterocycles. The topological polar surface area (TPSA) is 20.2 Å². The second-order valence-corrected chi connectivity index (χ2v) is 5.65. The van der Waals surface area contributed by atoms with Crippen LogP contribution < -0.4 is 0 Å². The number of hydrogen-bond acceptors (Lipinski definition) is 1. The maximum absolute atomic E-state index is 13.7. The molecule has 1 aromatic carbocycles. The fraction of sp³-hybridized carbons (Fsp3) is 0.625. The Morgan fingerprint density at radius 1 is 1.16 bits per heavy atom. The van der Waals surface area contributed by atoms with E-state index in [4.69, 9.17) is 0 Å². The zero-order valence-corrected chi connectivity index (χ0v) is 11.4. The van der Waals surface area contributed by atoms with Gasteiger partial charge in [-0.2, -0.15) is 0 Å². The molecular formula is C16H22F2O. The molecule has 0 radical (unpaired) electrons. The van der Waals surface area contributed by atoms with Crippen molar-refractivity contribution in [2.45, 2.75) is 51.6 Å². The first-order valence-corrected chi connectivity index (χ1v) is 7.25. The van der Waals surface area contributed by atoms with Crippen LogP contribution in [0.25, 0.3) is 0 Å². The van der Waals surface area contributed by atoms with Gasteiger partial charge in [0.2, 0.25) is 0 Å². The minimum atomic E-state index is -1.01. The van der Waals surface area contributed by atoms with Crippen LogP contribution >= 0.6 is 0 Å². The molecule has 1 aliphatic carbocycles. The summed E-state index contributed by atoms with van der Waals surface area (Å²) in [6, 6.07) is 3.76. The molecule has 0 aliphatic heterocycles. The average molecular weight is 268 g/mol. The standard InChI is InChI=1S/C16H22F2O/c1-2-4-11-7-9-12(10-8-11)16(19)15-13(17)5-3-6-14(15)18/h3,5-6,11-12,16,19H,2,4,7-10H2,1H3. The summed E-state index contributed by atoms with van der Waals surface area (Å²) in [7, 11) is 0. The quantitative estimate of drug-likeness (QED) is 0.845. The lowest BCUT2D eigenvalue weighted by molar-refractivity contribution is 0.0663. The summed E-state index contributed by atoms with van der Waals surface area (Å²) in [5.41, 5.74) is -0.151. The van der Waals surface area contributed by atoms with Gasteiger partial charge in [-0.25, -0.2) is 8.78 Å². The van der Waals surface area contributed by atoms with Crippen LogP contribution in [0.4, 0.5) is 8.78 Å². The van der Waals surface area contributed by atoms with Crippen molar-refractivity contribution in [2.75, 3.05) is 0 Å². The number of hydrogen-bond donors (Lipinski definition) is 1. The Balaban J connectivity index is 2.03. The van der Waals surface area contributed by atoms with Gasteiger partial charge in [-0.3, -0.25) is 0 Å². The van der Waals surface area contributed by atoms with Gasteiger partial charge in [0.25, 0.3) is 0 Å². The highest BCUT2D eigenvalue weighted by Gasteiger charge is 2.30. The largest absolute Gasteiger partial charge is 0.388 e. The van der Waals surface area contributed by atoms with Crippen LogP contribution in [0, 0.1) is 23.5 Å². The first-order valence-electron chi connectivity index (χ1n) is 7.25. The molecule has 19 heavy (non-hydrogen) atoms. The van der Waals surface area contributed by atoms with Crippen molar-refractivity contribution >= 4 is 0 Å². The Labute approximate surface area is 113 Å². The van der Waals surface area contributed by atoms with E-state index in [0.717, 1.165) is 31.6 Å². The summed E-state index contributed by atoms with van der Waals surface area (Å²) in [5.74, 6) is -0.565. The highest BCUT2D eigenvalue weighted by Crippen LogP contribution is 2.39. The van der Waals surface area contributed by atoms with E-state index in [-0.39, 0.29) is 11.5 Å². The molecule has 106 valence electrons. The Morgan fingerprint density at radius 2 is 1.74 bits per heavy atom. The summed E-state index contributed by atoms with van der Waals surface area (Å²) < 4.78 is 27.3. The van der Waals surface area contributed by atoms with Gasteiger partial charge in [0.05, 0.1) is 11.7 Å². The smallest absolute Gasteiger partial charge is 0.131 e. The van der Waals surface area contributed by atoms with Gasteiger partial charge in [0.1, 0.15) is 11.6 Å². The first kappa shape index (κ1) is 14.4. The molecule has 0 spiro atoms. The first-order chi connectivity index (χ1) is 9.13. The monoisotopic (exact) mass is 268 g/mol. The van der Waals surface area contributed by atoms with E-state index < -0.39 is 17.7 Å². The van der Waals surface area contributed by atoms with E-state index in [9.17, 15) is 13.9 Å². The molecule has 1 aromatic rings. The lowest BCUT2D eigenvalue weighted by Crippen LogP contribution is -2.22. The second-order valence-electron chi connectivity index (χ2n) is 5.65. The van der Waals surface area contributed by atoms with Crippen molar-refractivity contribution < 1.29 is 13.9 Å². The van der Waals surface area contributed by atoms with Crippen LogP contribution in [-0.2, 0) is 0 Å². The third-order valence-electron chi connectivity index (χ3n) is 4.33. The van der Waals surface area contributed by atoms with Gasteiger partial charge in [-0.15, -0.1) is 0 Å². The molecular weight excluding hydrogens is 246 g/mol. The maximum atomic E-state index is 13.7. The highest BCUT2D eigenvalue weighted by atomic mass is 19.1. The van der Waals surface area contributed by atoms with Crippen molar-refractivity contribution in [1.82, 2.24) is 0 Å². The van der Waals surface area contributed by atoms with Crippen LogP contribution in [-0.4, -0.2) is 5.11 Å². The van der Waals surface area contributed by atoms with Crippen LogP contribution in [0.5, 0.6) is 0 Å². The van der Waals surface area contributed by atoms with Crippen LogP contribution in [0.1, 0.15) is 57.1 Å². The molecule has 1 aliphatic rings. The normalized spacial score (nSPS) is 25.3. The zero-order chi connectivity index (χ0) is 13.8. The molecule has 0 amide bonds. The van der Waals surface area contributed by atoms with Gasteiger partial charge >= 0.3 is 0 Å².